The number of halogens is 1. The predicted octanol–water partition coefficient (Wildman–Crippen LogP) is 2.56. The maximum atomic E-state index is 12.1. The highest BCUT2D eigenvalue weighted by Gasteiger charge is 2.37. The molecule has 2 heterocycles. The van der Waals surface area contributed by atoms with Crippen molar-refractivity contribution in [3.05, 3.63) is 19.9 Å². The van der Waals surface area contributed by atoms with E-state index in [1.54, 1.807) is 16.2 Å². The number of rotatable bonds is 1. The van der Waals surface area contributed by atoms with Crippen LogP contribution in [-0.4, -0.2) is 29.7 Å². The molecule has 15 heavy (non-hydrogen) atoms. The van der Waals surface area contributed by atoms with Gasteiger partial charge in [0.05, 0.1) is 20.6 Å². The molecule has 1 aromatic heterocycles. The number of thiophene rings is 1. The van der Waals surface area contributed by atoms with Gasteiger partial charge in [-0.3, -0.25) is 4.79 Å². The van der Waals surface area contributed by atoms with Gasteiger partial charge in [0.2, 0.25) is 0 Å². The van der Waals surface area contributed by atoms with Gasteiger partial charge in [-0.1, -0.05) is 0 Å². The average molecular weight is 337 g/mol. The number of ether oxygens (including phenoxy) is 1. The van der Waals surface area contributed by atoms with E-state index in [2.05, 4.69) is 22.6 Å². The summed E-state index contributed by atoms with van der Waals surface area (Å²) in [6.07, 6.45) is 0. The van der Waals surface area contributed by atoms with E-state index in [4.69, 9.17) is 4.74 Å². The standard InChI is InChI=1S/C10H12INO2S/c1-10(2)5-14-6-12(10)9(13)7-3-8(11)15-4-7/h3-4H,5-6H2,1-2H3. The maximum absolute atomic E-state index is 12.1. The summed E-state index contributed by atoms with van der Waals surface area (Å²) in [6, 6.07) is 1.92. The lowest BCUT2D eigenvalue weighted by molar-refractivity contribution is 0.0606. The van der Waals surface area contributed by atoms with E-state index >= 15 is 0 Å². The first-order valence-electron chi connectivity index (χ1n) is 4.64. The molecule has 0 saturated carbocycles. The summed E-state index contributed by atoms with van der Waals surface area (Å²) in [5, 5.41) is 1.90. The summed E-state index contributed by atoms with van der Waals surface area (Å²) in [5.74, 6) is 0.0664. The lowest BCUT2D eigenvalue weighted by atomic mass is 10.1. The van der Waals surface area contributed by atoms with Crippen LogP contribution >= 0.6 is 33.9 Å². The number of hydrogen-bond acceptors (Lipinski definition) is 3. The van der Waals surface area contributed by atoms with E-state index in [1.807, 2.05) is 25.3 Å². The van der Waals surface area contributed by atoms with Gasteiger partial charge in [-0.15, -0.1) is 11.3 Å². The van der Waals surface area contributed by atoms with Gasteiger partial charge in [-0.2, -0.15) is 0 Å². The van der Waals surface area contributed by atoms with Crippen LogP contribution in [0.2, 0.25) is 0 Å². The van der Waals surface area contributed by atoms with E-state index in [0.717, 1.165) is 8.45 Å². The summed E-state index contributed by atoms with van der Waals surface area (Å²) < 4.78 is 6.46. The van der Waals surface area contributed by atoms with Crippen molar-refractivity contribution in [1.29, 1.82) is 0 Å². The van der Waals surface area contributed by atoms with Gasteiger partial charge >= 0.3 is 0 Å². The molecule has 1 aliphatic rings. The van der Waals surface area contributed by atoms with Crippen LogP contribution in [0.1, 0.15) is 24.2 Å². The normalized spacial score (nSPS) is 19.5. The molecule has 0 spiro atoms. The molecule has 0 unspecified atom stereocenters. The van der Waals surface area contributed by atoms with Crippen molar-refractivity contribution in [2.75, 3.05) is 13.3 Å². The Bertz CT molecular complexity index is 389. The number of carbonyl (C=O) groups excluding carboxylic acids is 1. The SMILES string of the molecule is CC1(C)COCN1C(=O)c1csc(I)c1. The van der Waals surface area contributed by atoms with Crippen LogP contribution in [0.15, 0.2) is 11.4 Å². The molecule has 0 N–H and O–H groups in total. The maximum Gasteiger partial charge on any atom is 0.257 e. The summed E-state index contributed by atoms with van der Waals surface area (Å²) in [7, 11) is 0. The van der Waals surface area contributed by atoms with Gasteiger partial charge in [-0.05, 0) is 42.5 Å². The van der Waals surface area contributed by atoms with Crippen molar-refractivity contribution in [2.45, 2.75) is 19.4 Å². The third kappa shape index (κ3) is 2.19. The number of carbonyl (C=O) groups is 1. The largest absolute Gasteiger partial charge is 0.359 e. The van der Waals surface area contributed by atoms with Crippen LogP contribution in [0.25, 0.3) is 0 Å². The minimum atomic E-state index is -0.190. The summed E-state index contributed by atoms with van der Waals surface area (Å²) in [5.41, 5.74) is 0.577. The second kappa shape index (κ2) is 4.03. The lowest BCUT2D eigenvalue weighted by Crippen LogP contribution is -2.44. The van der Waals surface area contributed by atoms with Gasteiger partial charge < -0.3 is 9.64 Å². The molecule has 3 nitrogen and oxygen atoms in total. The fourth-order valence-electron chi connectivity index (χ4n) is 1.55. The monoisotopic (exact) mass is 337 g/mol. The Hall–Kier alpha value is -0.140. The fourth-order valence-corrected chi connectivity index (χ4v) is 2.87. The molecule has 0 aromatic carbocycles. The number of amides is 1. The zero-order valence-electron chi connectivity index (χ0n) is 8.62. The predicted molar refractivity (Wildman–Crippen MR) is 68.1 cm³/mol. The van der Waals surface area contributed by atoms with Crippen LogP contribution < -0.4 is 0 Å². The molecule has 2 rings (SSSR count). The van der Waals surface area contributed by atoms with Crippen molar-refractivity contribution in [3.63, 3.8) is 0 Å². The van der Waals surface area contributed by atoms with Crippen molar-refractivity contribution >= 4 is 39.8 Å². The Kier molecular flexibility index (Phi) is 3.05. The van der Waals surface area contributed by atoms with Crippen molar-refractivity contribution in [3.8, 4) is 0 Å². The summed E-state index contributed by atoms with van der Waals surface area (Å²) in [6.45, 7) is 5.06. The Morgan fingerprint density at radius 3 is 2.87 bits per heavy atom. The summed E-state index contributed by atoms with van der Waals surface area (Å²) in [4.78, 5) is 13.9. The molecule has 0 bridgehead atoms. The van der Waals surface area contributed by atoms with Gasteiger partial charge in [0.1, 0.15) is 6.73 Å². The van der Waals surface area contributed by atoms with E-state index < -0.39 is 0 Å². The van der Waals surface area contributed by atoms with Gasteiger partial charge in [0, 0.05) is 5.38 Å². The molecule has 82 valence electrons. The van der Waals surface area contributed by atoms with Crippen molar-refractivity contribution < 1.29 is 9.53 Å². The Balaban J connectivity index is 2.21. The Labute approximate surface area is 107 Å². The van der Waals surface area contributed by atoms with Crippen LogP contribution in [0, 0.1) is 2.88 Å². The molecule has 0 radical (unpaired) electrons. The highest BCUT2D eigenvalue weighted by Crippen LogP contribution is 2.26. The highest BCUT2D eigenvalue weighted by molar-refractivity contribution is 14.1. The molecule has 1 aromatic rings. The first-order valence-corrected chi connectivity index (χ1v) is 6.60. The Morgan fingerprint density at radius 2 is 2.40 bits per heavy atom. The molecule has 1 fully saturated rings. The molecule has 5 heteroatoms. The molecule has 0 atom stereocenters. The average Bonchev–Trinajstić information content (AvgIpc) is 2.70. The third-order valence-electron chi connectivity index (χ3n) is 2.47. The fraction of sp³-hybridized carbons (Fsp3) is 0.500. The lowest BCUT2D eigenvalue weighted by Gasteiger charge is -2.28. The minimum Gasteiger partial charge on any atom is -0.359 e. The smallest absolute Gasteiger partial charge is 0.257 e. The van der Waals surface area contributed by atoms with Crippen molar-refractivity contribution in [2.24, 2.45) is 0 Å². The molecule has 0 aliphatic carbocycles. The van der Waals surface area contributed by atoms with Gasteiger partial charge in [0.15, 0.2) is 0 Å². The molecular formula is C10H12INO2S. The number of hydrogen-bond donors (Lipinski definition) is 0. The second-order valence-electron chi connectivity index (χ2n) is 4.16. The molecule has 1 aliphatic heterocycles. The minimum absolute atomic E-state index is 0.0664. The van der Waals surface area contributed by atoms with Crippen LogP contribution in [0.4, 0.5) is 0 Å². The molecule has 1 amide bonds. The van der Waals surface area contributed by atoms with E-state index in [0.29, 0.717) is 13.3 Å². The van der Waals surface area contributed by atoms with Crippen molar-refractivity contribution in [1.82, 2.24) is 4.90 Å². The first-order chi connectivity index (χ1) is 7.00. The van der Waals surface area contributed by atoms with Gasteiger partial charge in [0.25, 0.3) is 5.91 Å². The third-order valence-corrected chi connectivity index (χ3v) is 4.25. The number of nitrogens with zero attached hydrogens (tertiary/aromatic N) is 1. The van der Waals surface area contributed by atoms with E-state index in [9.17, 15) is 4.79 Å². The van der Waals surface area contributed by atoms with Crippen LogP contribution in [0.3, 0.4) is 0 Å². The van der Waals surface area contributed by atoms with Gasteiger partial charge in [-0.25, -0.2) is 0 Å². The quantitative estimate of drug-likeness (QED) is 0.737. The molecule has 1 saturated heterocycles. The molecular weight excluding hydrogens is 325 g/mol. The van der Waals surface area contributed by atoms with Crippen LogP contribution in [0.5, 0.6) is 0 Å². The highest BCUT2D eigenvalue weighted by atomic mass is 127. The first kappa shape index (κ1) is 11.3. The zero-order valence-corrected chi connectivity index (χ0v) is 11.6. The van der Waals surface area contributed by atoms with E-state index in [1.165, 1.54) is 0 Å². The topological polar surface area (TPSA) is 29.5 Å². The zero-order chi connectivity index (χ0) is 11.1. The van der Waals surface area contributed by atoms with E-state index in [-0.39, 0.29) is 11.4 Å². The second-order valence-corrected chi connectivity index (χ2v) is 6.97. The summed E-state index contributed by atoms with van der Waals surface area (Å²) >= 11 is 3.81. The van der Waals surface area contributed by atoms with Crippen LogP contribution in [-0.2, 0) is 4.74 Å². The Morgan fingerprint density at radius 1 is 1.67 bits per heavy atom.